The average Bonchev–Trinajstić information content (AvgIpc) is 2.41. The number of rotatable bonds is 2. The van der Waals surface area contributed by atoms with Crippen molar-refractivity contribution in [2.45, 2.75) is 50.7 Å². The Morgan fingerprint density at radius 1 is 1.29 bits per heavy atom. The van der Waals surface area contributed by atoms with Gasteiger partial charge in [-0.15, -0.1) is 5.92 Å². The Labute approximate surface area is 87.1 Å². The standard InChI is InChI=1S/C12H20N2/c1-3-4-7-13-10-8-11-5-6-12(9-10)14(11)2/h10-13H,5-9H2,1-2H3. The SMILES string of the molecule is CC#CCNC1CC2CCC(C1)N2C. The second kappa shape index (κ2) is 4.33. The third-order valence-corrected chi connectivity index (χ3v) is 3.75. The predicted octanol–water partition coefficient (Wildman–Crippen LogP) is 1.22. The average molecular weight is 192 g/mol. The molecular weight excluding hydrogens is 172 g/mol. The first kappa shape index (κ1) is 10.0. The second-order valence-electron chi connectivity index (χ2n) is 4.53. The summed E-state index contributed by atoms with van der Waals surface area (Å²) in [6.45, 7) is 2.77. The summed E-state index contributed by atoms with van der Waals surface area (Å²) >= 11 is 0. The smallest absolute Gasteiger partial charge is 0.0578 e. The lowest BCUT2D eigenvalue weighted by molar-refractivity contribution is 0.151. The Kier molecular flexibility index (Phi) is 3.10. The largest absolute Gasteiger partial charge is 0.303 e. The van der Waals surface area contributed by atoms with Crippen molar-refractivity contribution >= 4 is 0 Å². The van der Waals surface area contributed by atoms with Crippen LogP contribution in [0.2, 0.25) is 0 Å². The molecule has 2 heteroatoms. The van der Waals surface area contributed by atoms with Crippen molar-refractivity contribution in [3.8, 4) is 11.8 Å². The number of nitrogens with zero attached hydrogens (tertiary/aromatic N) is 1. The van der Waals surface area contributed by atoms with E-state index >= 15 is 0 Å². The van der Waals surface area contributed by atoms with E-state index in [2.05, 4.69) is 29.1 Å². The number of nitrogens with one attached hydrogen (secondary N) is 1. The molecule has 2 unspecified atom stereocenters. The Bertz CT molecular complexity index is 237. The van der Waals surface area contributed by atoms with Crippen molar-refractivity contribution < 1.29 is 0 Å². The van der Waals surface area contributed by atoms with E-state index in [1.165, 1.54) is 25.7 Å². The molecule has 2 rings (SSSR count). The molecule has 2 aliphatic heterocycles. The molecule has 1 N–H and O–H groups in total. The van der Waals surface area contributed by atoms with Crippen LogP contribution in [0.3, 0.4) is 0 Å². The van der Waals surface area contributed by atoms with Gasteiger partial charge >= 0.3 is 0 Å². The van der Waals surface area contributed by atoms with Gasteiger partial charge in [0.15, 0.2) is 0 Å². The van der Waals surface area contributed by atoms with Crippen LogP contribution in [0.25, 0.3) is 0 Å². The zero-order valence-corrected chi connectivity index (χ0v) is 9.21. The maximum Gasteiger partial charge on any atom is 0.0578 e. The molecule has 2 bridgehead atoms. The molecule has 0 aromatic heterocycles. The summed E-state index contributed by atoms with van der Waals surface area (Å²) < 4.78 is 0. The molecule has 14 heavy (non-hydrogen) atoms. The Morgan fingerprint density at radius 3 is 2.50 bits per heavy atom. The van der Waals surface area contributed by atoms with Gasteiger partial charge in [-0.05, 0) is 39.7 Å². The van der Waals surface area contributed by atoms with Crippen molar-refractivity contribution in [3.63, 3.8) is 0 Å². The Hall–Kier alpha value is -0.520. The normalized spacial score (nSPS) is 36.6. The monoisotopic (exact) mass is 192 g/mol. The fourth-order valence-electron chi connectivity index (χ4n) is 2.86. The van der Waals surface area contributed by atoms with Crippen molar-refractivity contribution in [1.82, 2.24) is 10.2 Å². The fourth-order valence-corrected chi connectivity index (χ4v) is 2.86. The fraction of sp³-hybridized carbons (Fsp3) is 0.833. The van der Waals surface area contributed by atoms with E-state index in [-0.39, 0.29) is 0 Å². The molecule has 0 aromatic carbocycles. The highest BCUT2D eigenvalue weighted by molar-refractivity contribution is 5.00. The van der Waals surface area contributed by atoms with Gasteiger partial charge in [-0.2, -0.15) is 0 Å². The Balaban J connectivity index is 1.83. The number of hydrogen-bond acceptors (Lipinski definition) is 2. The van der Waals surface area contributed by atoms with Gasteiger partial charge in [-0.25, -0.2) is 0 Å². The molecule has 2 fully saturated rings. The molecule has 2 heterocycles. The van der Waals surface area contributed by atoms with Gasteiger partial charge in [-0.3, -0.25) is 0 Å². The third-order valence-electron chi connectivity index (χ3n) is 3.75. The second-order valence-corrected chi connectivity index (χ2v) is 4.53. The van der Waals surface area contributed by atoms with Crippen LogP contribution in [0.1, 0.15) is 32.6 Å². The highest BCUT2D eigenvalue weighted by atomic mass is 15.2. The first-order valence-electron chi connectivity index (χ1n) is 5.66. The lowest BCUT2D eigenvalue weighted by atomic mass is 9.98. The minimum Gasteiger partial charge on any atom is -0.303 e. The van der Waals surface area contributed by atoms with Crippen LogP contribution in [-0.4, -0.2) is 36.6 Å². The van der Waals surface area contributed by atoms with Gasteiger partial charge < -0.3 is 10.2 Å². The number of fused-ring (bicyclic) bond motifs is 2. The van der Waals surface area contributed by atoms with Crippen molar-refractivity contribution in [2.75, 3.05) is 13.6 Å². The summed E-state index contributed by atoms with van der Waals surface area (Å²) in [5, 5.41) is 3.54. The summed E-state index contributed by atoms with van der Waals surface area (Å²) in [4.78, 5) is 2.57. The predicted molar refractivity (Wildman–Crippen MR) is 59.0 cm³/mol. The minimum absolute atomic E-state index is 0.713. The van der Waals surface area contributed by atoms with Gasteiger partial charge in [0, 0.05) is 18.1 Å². The molecule has 78 valence electrons. The van der Waals surface area contributed by atoms with Crippen LogP contribution in [0.4, 0.5) is 0 Å². The highest BCUT2D eigenvalue weighted by Crippen LogP contribution is 2.33. The van der Waals surface area contributed by atoms with Gasteiger partial charge in [-0.1, -0.05) is 5.92 Å². The van der Waals surface area contributed by atoms with Crippen molar-refractivity contribution in [3.05, 3.63) is 0 Å². The van der Waals surface area contributed by atoms with Crippen LogP contribution in [0.5, 0.6) is 0 Å². The first-order chi connectivity index (χ1) is 6.81. The lowest BCUT2D eigenvalue weighted by Gasteiger charge is -2.36. The molecule has 0 amide bonds. The molecule has 2 aliphatic rings. The van der Waals surface area contributed by atoms with Gasteiger partial charge in [0.2, 0.25) is 0 Å². The summed E-state index contributed by atoms with van der Waals surface area (Å²) in [6.07, 6.45) is 5.44. The van der Waals surface area contributed by atoms with Crippen molar-refractivity contribution in [2.24, 2.45) is 0 Å². The first-order valence-corrected chi connectivity index (χ1v) is 5.66. The van der Waals surface area contributed by atoms with Crippen molar-refractivity contribution in [1.29, 1.82) is 0 Å². The minimum atomic E-state index is 0.713. The van der Waals surface area contributed by atoms with Crippen LogP contribution in [0, 0.1) is 11.8 Å². The topological polar surface area (TPSA) is 15.3 Å². The molecule has 2 atom stereocenters. The maximum atomic E-state index is 3.54. The summed E-state index contributed by atoms with van der Waals surface area (Å²) in [7, 11) is 2.28. The molecule has 0 aliphatic carbocycles. The molecule has 0 radical (unpaired) electrons. The van der Waals surface area contributed by atoms with Crippen LogP contribution < -0.4 is 5.32 Å². The van der Waals surface area contributed by atoms with Gasteiger partial charge in [0.05, 0.1) is 6.54 Å². The van der Waals surface area contributed by atoms with E-state index in [9.17, 15) is 0 Å². The van der Waals surface area contributed by atoms with Crippen LogP contribution >= 0.6 is 0 Å². The molecule has 2 saturated heterocycles. The zero-order valence-electron chi connectivity index (χ0n) is 9.21. The van der Waals surface area contributed by atoms with E-state index in [4.69, 9.17) is 0 Å². The summed E-state index contributed by atoms with van der Waals surface area (Å²) in [5.74, 6) is 6.01. The van der Waals surface area contributed by atoms with Crippen LogP contribution in [0.15, 0.2) is 0 Å². The van der Waals surface area contributed by atoms with E-state index in [0.29, 0.717) is 6.04 Å². The van der Waals surface area contributed by atoms with Gasteiger partial charge in [0.25, 0.3) is 0 Å². The maximum absolute atomic E-state index is 3.54. The molecule has 0 spiro atoms. The van der Waals surface area contributed by atoms with E-state index < -0.39 is 0 Å². The molecule has 0 aromatic rings. The van der Waals surface area contributed by atoms with Gasteiger partial charge in [0.1, 0.15) is 0 Å². The zero-order chi connectivity index (χ0) is 9.97. The summed E-state index contributed by atoms with van der Waals surface area (Å²) in [6, 6.07) is 2.38. The lowest BCUT2D eigenvalue weighted by Crippen LogP contribution is -2.47. The molecule has 2 nitrogen and oxygen atoms in total. The Morgan fingerprint density at radius 2 is 1.93 bits per heavy atom. The van der Waals surface area contributed by atoms with Crippen LogP contribution in [-0.2, 0) is 0 Å². The highest BCUT2D eigenvalue weighted by Gasteiger charge is 2.37. The van der Waals surface area contributed by atoms with E-state index in [0.717, 1.165) is 18.6 Å². The molecular formula is C12H20N2. The third kappa shape index (κ3) is 1.94. The van der Waals surface area contributed by atoms with E-state index in [1.54, 1.807) is 0 Å². The molecule has 0 saturated carbocycles. The summed E-state index contributed by atoms with van der Waals surface area (Å²) in [5.41, 5.74) is 0. The number of piperidine rings is 1. The number of hydrogen-bond donors (Lipinski definition) is 1. The quantitative estimate of drug-likeness (QED) is 0.662. The van der Waals surface area contributed by atoms with E-state index in [1.807, 2.05) is 6.92 Å².